The third-order valence-electron chi connectivity index (χ3n) is 4.34. The van der Waals surface area contributed by atoms with E-state index >= 15 is 0 Å². The van der Waals surface area contributed by atoms with Crippen LogP contribution in [0.5, 0.6) is 5.75 Å². The Morgan fingerprint density at radius 1 is 1.31 bits per heavy atom. The maximum absolute atomic E-state index is 12.7. The Kier molecular flexibility index (Phi) is 4.63. The Hall–Kier alpha value is -2.60. The van der Waals surface area contributed by atoms with Crippen LogP contribution in [0.15, 0.2) is 36.4 Å². The second-order valence-corrected chi connectivity index (χ2v) is 7.46. The normalized spacial score (nSPS) is 17.8. The Morgan fingerprint density at radius 2 is 2.04 bits per heavy atom. The van der Waals surface area contributed by atoms with Crippen LogP contribution in [0.3, 0.4) is 0 Å². The van der Waals surface area contributed by atoms with Crippen molar-refractivity contribution >= 4 is 23.2 Å². The fraction of sp³-hybridized carbons (Fsp3) is 0.316. The molecule has 26 heavy (non-hydrogen) atoms. The molecule has 1 N–H and O–H groups in total. The van der Waals surface area contributed by atoms with Crippen molar-refractivity contribution in [2.24, 2.45) is 0 Å². The highest BCUT2D eigenvalue weighted by molar-refractivity contribution is 6.34. The second kappa shape index (κ2) is 6.61. The summed E-state index contributed by atoms with van der Waals surface area (Å²) in [5.74, 6) is 0.368. The number of rotatable bonds is 3. The van der Waals surface area contributed by atoms with Gasteiger partial charge in [0.15, 0.2) is 0 Å². The molecule has 0 unspecified atom stereocenters. The summed E-state index contributed by atoms with van der Waals surface area (Å²) in [4.78, 5) is 23.0. The Morgan fingerprint density at radius 3 is 2.69 bits per heavy atom. The number of amides is 1. The maximum Gasteiger partial charge on any atom is 0.270 e. The number of hydrogen-bond donors (Lipinski definition) is 1. The first-order chi connectivity index (χ1) is 12.2. The van der Waals surface area contributed by atoms with Crippen LogP contribution in [0.2, 0.25) is 5.02 Å². The van der Waals surface area contributed by atoms with Crippen LogP contribution >= 0.6 is 11.6 Å². The molecule has 0 radical (unpaired) electrons. The van der Waals surface area contributed by atoms with Crippen molar-refractivity contribution in [1.82, 2.24) is 5.32 Å². The summed E-state index contributed by atoms with van der Waals surface area (Å²) in [6, 6.07) is 9.45. The largest absolute Gasteiger partial charge is 0.487 e. The summed E-state index contributed by atoms with van der Waals surface area (Å²) in [7, 11) is 0. The summed E-state index contributed by atoms with van der Waals surface area (Å²) in [6.45, 7) is 5.91. The van der Waals surface area contributed by atoms with Gasteiger partial charge in [-0.3, -0.25) is 14.9 Å². The molecule has 1 amide bonds. The molecule has 0 spiro atoms. The Balaban J connectivity index is 1.90. The maximum atomic E-state index is 12.7. The summed E-state index contributed by atoms with van der Waals surface area (Å²) < 4.78 is 6.01. The van der Waals surface area contributed by atoms with Gasteiger partial charge in [-0.2, -0.15) is 0 Å². The molecule has 136 valence electrons. The summed E-state index contributed by atoms with van der Waals surface area (Å²) in [5.41, 5.74) is 1.60. The lowest BCUT2D eigenvalue weighted by atomic mass is 9.88. The van der Waals surface area contributed by atoms with Gasteiger partial charge in [0.25, 0.3) is 11.6 Å². The van der Waals surface area contributed by atoms with E-state index < -0.39 is 10.5 Å². The van der Waals surface area contributed by atoms with Gasteiger partial charge in [-0.1, -0.05) is 29.3 Å². The van der Waals surface area contributed by atoms with E-state index in [0.29, 0.717) is 6.42 Å². The number of nitro benzene ring substituents is 1. The minimum atomic E-state index is -0.548. The topological polar surface area (TPSA) is 81.5 Å². The van der Waals surface area contributed by atoms with Gasteiger partial charge in [0.05, 0.1) is 21.6 Å². The van der Waals surface area contributed by atoms with Crippen LogP contribution in [0.25, 0.3) is 0 Å². The number of halogens is 1. The van der Waals surface area contributed by atoms with E-state index in [1.807, 2.05) is 39.0 Å². The van der Waals surface area contributed by atoms with E-state index in [-0.39, 0.29) is 28.2 Å². The zero-order chi connectivity index (χ0) is 19.1. The predicted molar refractivity (Wildman–Crippen MR) is 98.8 cm³/mol. The lowest BCUT2D eigenvalue weighted by Gasteiger charge is -2.38. The van der Waals surface area contributed by atoms with Crippen LogP contribution in [0.4, 0.5) is 5.69 Å². The van der Waals surface area contributed by atoms with Gasteiger partial charge in [-0.05, 0) is 32.9 Å². The van der Waals surface area contributed by atoms with Gasteiger partial charge < -0.3 is 10.1 Å². The highest BCUT2D eigenvalue weighted by atomic mass is 35.5. The molecule has 0 aliphatic carbocycles. The molecule has 6 nitrogen and oxygen atoms in total. The van der Waals surface area contributed by atoms with E-state index in [1.165, 1.54) is 18.2 Å². The first-order valence-corrected chi connectivity index (χ1v) is 8.58. The molecule has 1 heterocycles. The fourth-order valence-electron chi connectivity index (χ4n) is 3.14. The summed E-state index contributed by atoms with van der Waals surface area (Å²) >= 11 is 6.08. The molecule has 1 aliphatic heterocycles. The molecule has 7 heteroatoms. The van der Waals surface area contributed by atoms with Gasteiger partial charge >= 0.3 is 0 Å². The van der Waals surface area contributed by atoms with E-state index in [9.17, 15) is 14.9 Å². The van der Waals surface area contributed by atoms with Crippen molar-refractivity contribution in [2.45, 2.75) is 38.8 Å². The van der Waals surface area contributed by atoms with E-state index in [2.05, 4.69) is 5.32 Å². The standard InChI is InChI=1S/C19H19ClN2O4/c1-11-4-7-17-14(8-11)16(10-19(2,3)26-17)21-18(23)13-6-5-12(22(24)25)9-15(13)20/h4-9,16H,10H2,1-3H3,(H,21,23)/t16-/m1/s1. The molecule has 2 aromatic carbocycles. The number of benzene rings is 2. The first kappa shape index (κ1) is 18.2. The second-order valence-electron chi connectivity index (χ2n) is 7.05. The Bertz CT molecular complexity index is 895. The molecule has 0 aromatic heterocycles. The number of aryl methyl sites for hydroxylation is 1. The van der Waals surface area contributed by atoms with E-state index in [0.717, 1.165) is 16.9 Å². The number of carbonyl (C=O) groups is 1. The van der Waals surface area contributed by atoms with E-state index in [1.54, 1.807) is 0 Å². The number of non-ortho nitro benzene ring substituents is 1. The average molecular weight is 375 g/mol. The minimum Gasteiger partial charge on any atom is -0.487 e. The molecule has 0 bridgehead atoms. The van der Waals surface area contributed by atoms with Crippen LogP contribution < -0.4 is 10.1 Å². The minimum absolute atomic E-state index is 0.0486. The zero-order valence-corrected chi connectivity index (χ0v) is 15.5. The molecule has 0 fully saturated rings. The van der Waals surface area contributed by atoms with Gasteiger partial charge in [-0.15, -0.1) is 0 Å². The number of hydrogen-bond acceptors (Lipinski definition) is 4. The molecular weight excluding hydrogens is 356 g/mol. The molecule has 2 aromatic rings. The zero-order valence-electron chi connectivity index (χ0n) is 14.7. The van der Waals surface area contributed by atoms with Gasteiger partial charge in [0.2, 0.25) is 0 Å². The van der Waals surface area contributed by atoms with Crippen molar-refractivity contribution in [3.05, 3.63) is 68.2 Å². The monoisotopic (exact) mass is 374 g/mol. The molecule has 0 saturated carbocycles. The number of nitrogens with one attached hydrogen (secondary N) is 1. The van der Waals surface area contributed by atoms with Crippen LogP contribution in [0, 0.1) is 17.0 Å². The summed E-state index contributed by atoms with van der Waals surface area (Å²) in [6.07, 6.45) is 0.597. The van der Waals surface area contributed by atoms with Gasteiger partial charge in [0.1, 0.15) is 11.4 Å². The fourth-order valence-corrected chi connectivity index (χ4v) is 3.40. The van der Waals surface area contributed by atoms with Crippen LogP contribution in [-0.2, 0) is 0 Å². The van der Waals surface area contributed by atoms with Crippen molar-refractivity contribution in [3.8, 4) is 5.75 Å². The first-order valence-electron chi connectivity index (χ1n) is 8.21. The third-order valence-corrected chi connectivity index (χ3v) is 4.65. The third kappa shape index (κ3) is 3.65. The van der Waals surface area contributed by atoms with Crippen molar-refractivity contribution in [2.75, 3.05) is 0 Å². The molecule has 1 atom stereocenters. The lowest BCUT2D eigenvalue weighted by Crippen LogP contribution is -2.41. The summed E-state index contributed by atoms with van der Waals surface area (Å²) in [5, 5.41) is 13.9. The van der Waals surface area contributed by atoms with Gasteiger partial charge in [0, 0.05) is 24.1 Å². The van der Waals surface area contributed by atoms with Crippen molar-refractivity contribution in [3.63, 3.8) is 0 Å². The molecular formula is C19H19ClN2O4. The smallest absolute Gasteiger partial charge is 0.270 e. The SMILES string of the molecule is Cc1ccc2c(c1)[C@H](NC(=O)c1ccc([N+](=O)[O-])cc1Cl)CC(C)(C)O2. The van der Waals surface area contributed by atoms with Crippen LogP contribution in [0.1, 0.15) is 47.8 Å². The number of nitrogens with zero attached hydrogens (tertiary/aromatic N) is 1. The van der Waals surface area contributed by atoms with Crippen LogP contribution in [-0.4, -0.2) is 16.4 Å². The number of carbonyl (C=O) groups excluding carboxylic acids is 1. The molecule has 3 rings (SSSR count). The average Bonchev–Trinajstić information content (AvgIpc) is 2.54. The van der Waals surface area contributed by atoms with Crippen molar-refractivity contribution < 1.29 is 14.5 Å². The molecule has 0 saturated heterocycles. The predicted octanol–water partition coefficient (Wildman–Crippen LogP) is 4.59. The number of fused-ring (bicyclic) bond motifs is 1. The number of nitro groups is 1. The number of ether oxygens (including phenoxy) is 1. The molecule has 1 aliphatic rings. The van der Waals surface area contributed by atoms with Gasteiger partial charge in [-0.25, -0.2) is 0 Å². The quantitative estimate of drug-likeness (QED) is 0.629. The van der Waals surface area contributed by atoms with E-state index in [4.69, 9.17) is 16.3 Å². The highest BCUT2D eigenvalue weighted by Gasteiger charge is 2.35. The Labute approximate surface area is 156 Å². The van der Waals surface area contributed by atoms with Crippen molar-refractivity contribution in [1.29, 1.82) is 0 Å². The lowest BCUT2D eigenvalue weighted by molar-refractivity contribution is -0.384. The highest BCUT2D eigenvalue weighted by Crippen LogP contribution is 2.40.